The zero-order valence-corrected chi connectivity index (χ0v) is 15.8. The minimum Gasteiger partial charge on any atom is -0.360 e. The third kappa shape index (κ3) is 3.55. The Balaban J connectivity index is 1.79. The molecule has 0 unspecified atom stereocenters. The standard InChI is InChI=1S/C18H20N4O3S/c1-11-6-5-7-16(12(11)2)20-15-8-9-17(19-10-15)22-26(23,24)18-13(3)21-25-14(18)4/h5-10,20H,1-4H3,(H,19,22). The maximum absolute atomic E-state index is 12.5. The van der Waals surface area contributed by atoms with Crippen LogP contribution in [0.25, 0.3) is 0 Å². The molecule has 0 atom stereocenters. The average Bonchev–Trinajstić information content (AvgIpc) is 2.93. The van der Waals surface area contributed by atoms with Gasteiger partial charge in [0.1, 0.15) is 11.5 Å². The maximum atomic E-state index is 12.5. The summed E-state index contributed by atoms with van der Waals surface area (Å²) in [5, 5.41) is 6.96. The summed E-state index contributed by atoms with van der Waals surface area (Å²) >= 11 is 0. The van der Waals surface area contributed by atoms with Crippen molar-refractivity contribution in [1.82, 2.24) is 10.1 Å². The van der Waals surface area contributed by atoms with Crippen LogP contribution < -0.4 is 10.0 Å². The first-order valence-electron chi connectivity index (χ1n) is 8.03. The van der Waals surface area contributed by atoms with Gasteiger partial charge in [-0.1, -0.05) is 17.3 Å². The van der Waals surface area contributed by atoms with Gasteiger partial charge in [-0.3, -0.25) is 4.72 Å². The highest BCUT2D eigenvalue weighted by Crippen LogP contribution is 2.24. The number of anilines is 3. The molecule has 2 N–H and O–H groups in total. The molecule has 0 radical (unpaired) electrons. The van der Waals surface area contributed by atoms with Gasteiger partial charge in [-0.05, 0) is 57.0 Å². The summed E-state index contributed by atoms with van der Waals surface area (Å²) < 4.78 is 32.4. The molecule has 2 aromatic heterocycles. The third-order valence-electron chi connectivity index (χ3n) is 4.12. The summed E-state index contributed by atoms with van der Waals surface area (Å²) in [4.78, 5) is 4.22. The average molecular weight is 372 g/mol. The van der Waals surface area contributed by atoms with E-state index in [1.807, 2.05) is 32.0 Å². The van der Waals surface area contributed by atoms with Gasteiger partial charge < -0.3 is 9.84 Å². The van der Waals surface area contributed by atoms with Gasteiger partial charge in [0.15, 0.2) is 10.7 Å². The first-order chi connectivity index (χ1) is 12.3. The SMILES string of the molecule is Cc1cccc(Nc2ccc(NS(=O)(=O)c3c(C)noc3C)nc2)c1C. The van der Waals surface area contributed by atoms with Gasteiger partial charge in [-0.15, -0.1) is 0 Å². The fourth-order valence-electron chi connectivity index (χ4n) is 2.62. The van der Waals surface area contributed by atoms with Gasteiger partial charge in [0.2, 0.25) is 0 Å². The normalized spacial score (nSPS) is 11.4. The molecule has 0 aliphatic carbocycles. The first kappa shape index (κ1) is 17.9. The Morgan fingerprint density at radius 3 is 2.42 bits per heavy atom. The fourth-order valence-corrected chi connectivity index (χ4v) is 3.96. The number of aryl methyl sites for hydroxylation is 3. The quantitative estimate of drug-likeness (QED) is 0.706. The van der Waals surface area contributed by atoms with Crippen molar-refractivity contribution in [1.29, 1.82) is 0 Å². The second kappa shape index (κ2) is 6.80. The number of nitrogens with one attached hydrogen (secondary N) is 2. The van der Waals surface area contributed by atoms with Crippen LogP contribution >= 0.6 is 0 Å². The highest BCUT2D eigenvalue weighted by Gasteiger charge is 2.24. The Labute approximate surface area is 152 Å². The Bertz CT molecular complexity index is 1020. The molecule has 0 saturated heterocycles. The second-order valence-corrected chi connectivity index (χ2v) is 7.68. The van der Waals surface area contributed by atoms with E-state index in [-0.39, 0.29) is 16.5 Å². The van der Waals surface area contributed by atoms with Crippen LogP contribution in [0.5, 0.6) is 0 Å². The molecule has 3 aromatic rings. The molecular weight excluding hydrogens is 352 g/mol. The summed E-state index contributed by atoms with van der Waals surface area (Å²) in [6, 6.07) is 9.37. The van der Waals surface area contributed by atoms with Crippen LogP contribution in [0, 0.1) is 27.7 Å². The van der Waals surface area contributed by atoms with E-state index in [0.29, 0.717) is 5.69 Å². The lowest BCUT2D eigenvalue weighted by atomic mass is 10.1. The number of nitrogens with zero attached hydrogens (tertiary/aromatic N) is 2. The van der Waals surface area contributed by atoms with Gasteiger partial charge in [0, 0.05) is 5.69 Å². The van der Waals surface area contributed by atoms with Gasteiger partial charge in [0.25, 0.3) is 10.0 Å². The summed E-state index contributed by atoms with van der Waals surface area (Å²) in [6.07, 6.45) is 1.58. The summed E-state index contributed by atoms with van der Waals surface area (Å²) in [6.45, 7) is 7.22. The van der Waals surface area contributed by atoms with Crippen LogP contribution in [0.2, 0.25) is 0 Å². The van der Waals surface area contributed by atoms with E-state index in [9.17, 15) is 8.42 Å². The Morgan fingerprint density at radius 1 is 1.04 bits per heavy atom. The van der Waals surface area contributed by atoms with Crippen molar-refractivity contribution >= 4 is 27.2 Å². The molecule has 3 rings (SSSR count). The number of pyridine rings is 1. The van der Waals surface area contributed by atoms with E-state index < -0.39 is 10.0 Å². The van der Waals surface area contributed by atoms with Crippen LogP contribution in [-0.4, -0.2) is 18.6 Å². The monoisotopic (exact) mass is 372 g/mol. The van der Waals surface area contributed by atoms with Crippen molar-refractivity contribution in [3.05, 3.63) is 59.1 Å². The zero-order chi connectivity index (χ0) is 18.9. The van der Waals surface area contributed by atoms with E-state index in [1.165, 1.54) is 5.56 Å². The predicted molar refractivity (Wildman–Crippen MR) is 100 cm³/mol. The maximum Gasteiger partial charge on any atom is 0.268 e. The van der Waals surface area contributed by atoms with Crippen LogP contribution in [0.3, 0.4) is 0 Å². The molecule has 0 spiro atoms. The number of hydrogen-bond donors (Lipinski definition) is 2. The van der Waals surface area contributed by atoms with Crippen LogP contribution in [0.1, 0.15) is 22.6 Å². The highest BCUT2D eigenvalue weighted by atomic mass is 32.2. The largest absolute Gasteiger partial charge is 0.360 e. The summed E-state index contributed by atoms with van der Waals surface area (Å²) in [5.41, 5.74) is 4.39. The van der Waals surface area contributed by atoms with Crippen molar-refractivity contribution in [2.24, 2.45) is 0 Å². The van der Waals surface area contributed by atoms with Crippen LogP contribution in [-0.2, 0) is 10.0 Å². The lowest BCUT2D eigenvalue weighted by Gasteiger charge is -2.12. The fraction of sp³-hybridized carbons (Fsp3) is 0.222. The molecule has 0 aliphatic heterocycles. The predicted octanol–water partition coefficient (Wildman–Crippen LogP) is 3.85. The van der Waals surface area contributed by atoms with Gasteiger partial charge in [0.05, 0.1) is 11.9 Å². The molecule has 0 bridgehead atoms. The van der Waals surface area contributed by atoms with Gasteiger partial charge in [-0.2, -0.15) is 0 Å². The van der Waals surface area contributed by atoms with Crippen molar-refractivity contribution in [2.45, 2.75) is 32.6 Å². The molecule has 0 aliphatic rings. The molecule has 8 heteroatoms. The third-order valence-corrected chi connectivity index (χ3v) is 5.72. The lowest BCUT2D eigenvalue weighted by Crippen LogP contribution is -2.15. The van der Waals surface area contributed by atoms with Crippen molar-refractivity contribution in [2.75, 3.05) is 10.0 Å². The minimum atomic E-state index is -3.80. The highest BCUT2D eigenvalue weighted by molar-refractivity contribution is 7.92. The number of rotatable bonds is 5. The topological polar surface area (TPSA) is 97.1 Å². The number of benzene rings is 1. The molecule has 2 heterocycles. The van der Waals surface area contributed by atoms with Gasteiger partial charge >= 0.3 is 0 Å². The van der Waals surface area contributed by atoms with E-state index >= 15 is 0 Å². The summed E-state index contributed by atoms with van der Waals surface area (Å²) in [5.74, 6) is 0.458. The molecule has 0 amide bonds. The lowest BCUT2D eigenvalue weighted by molar-refractivity contribution is 0.390. The van der Waals surface area contributed by atoms with Crippen LogP contribution in [0.15, 0.2) is 45.9 Å². The van der Waals surface area contributed by atoms with E-state index in [2.05, 4.69) is 20.2 Å². The zero-order valence-electron chi connectivity index (χ0n) is 15.0. The molecule has 26 heavy (non-hydrogen) atoms. The number of hydrogen-bond acceptors (Lipinski definition) is 6. The number of sulfonamides is 1. The number of aromatic nitrogens is 2. The smallest absolute Gasteiger partial charge is 0.268 e. The molecular formula is C18H20N4O3S. The Morgan fingerprint density at radius 2 is 1.81 bits per heavy atom. The molecule has 7 nitrogen and oxygen atoms in total. The first-order valence-corrected chi connectivity index (χ1v) is 9.51. The molecule has 0 fully saturated rings. The van der Waals surface area contributed by atoms with Crippen molar-refractivity contribution < 1.29 is 12.9 Å². The molecule has 136 valence electrons. The molecule has 0 saturated carbocycles. The van der Waals surface area contributed by atoms with Crippen LogP contribution in [0.4, 0.5) is 17.2 Å². The van der Waals surface area contributed by atoms with Crippen molar-refractivity contribution in [3.63, 3.8) is 0 Å². The van der Waals surface area contributed by atoms with Crippen molar-refractivity contribution in [3.8, 4) is 0 Å². The van der Waals surface area contributed by atoms with E-state index in [1.54, 1.807) is 32.2 Å². The molecule has 1 aromatic carbocycles. The second-order valence-electron chi connectivity index (χ2n) is 6.06. The van der Waals surface area contributed by atoms with E-state index in [0.717, 1.165) is 16.9 Å². The van der Waals surface area contributed by atoms with Gasteiger partial charge in [-0.25, -0.2) is 13.4 Å². The summed E-state index contributed by atoms with van der Waals surface area (Å²) in [7, 11) is -3.80. The Kier molecular flexibility index (Phi) is 4.69. The minimum absolute atomic E-state index is 0.0388. The Hall–Kier alpha value is -2.87. The van der Waals surface area contributed by atoms with E-state index in [4.69, 9.17) is 4.52 Å².